The lowest BCUT2D eigenvalue weighted by molar-refractivity contribution is 0.103. The van der Waals surface area contributed by atoms with E-state index in [2.05, 4.69) is 33.4 Å². The second kappa shape index (κ2) is 5.99. The second-order valence-electron chi connectivity index (χ2n) is 5.64. The first kappa shape index (κ1) is 14.7. The Morgan fingerprint density at radius 1 is 1.28 bits per heavy atom. The van der Waals surface area contributed by atoms with Gasteiger partial charge in [-0.3, -0.25) is 4.79 Å². The van der Waals surface area contributed by atoms with Crippen molar-refractivity contribution in [2.24, 2.45) is 0 Å². The molecule has 0 heterocycles. The van der Waals surface area contributed by atoms with Crippen LogP contribution in [0.1, 0.15) is 62.9 Å². The molecule has 0 aliphatic rings. The van der Waals surface area contributed by atoms with Gasteiger partial charge in [0.05, 0.1) is 0 Å². The fraction of sp³-hybridized carbons (Fsp3) is 0.471. The molecule has 0 saturated carbocycles. The van der Waals surface area contributed by atoms with Crippen LogP contribution in [-0.4, -0.2) is 5.78 Å². The highest BCUT2D eigenvalue weighted by atomic mass is 16.1. The number of carbonyl (C=O) groups is 1. The normalized spacial score (nSPS) is 11.3. The van der Waals surface area contributed by atoms with Gasteiger partial charge < -0.3 is 0 Å². The fourth-order valence-corrected chi connectivity index (χ4v) is 2.25. The van der Waals surface area contributed by atoms with Crippen LogP contribution >= 0.6 is 0 Å². The van der Waals surface area contributed by atoms with Crippen molar-refractivity contribution in [1.29, 1.82) is 0 Å². The van der Waals surface area contributed by atoms with Crippen LogP contribution in [0.3, 0.4) is 0 Å². The highest BCUT2D eigenvalue weighted by Crippen LogP contribution is 2.32. The van der Waals surface area contributed by atoms with Crippen molar-refractivity contribution in [3.05, 3.63) is 47.5 Å². The molecule has 1 aromatic rings. The Balaban J connectivity index is 3.16. The van der Waals surface area contributed by atoms with Crippen LogP contribution in [0.5, 0.6) is 0 Å². The maximum atomic E-state index is 12.2. The third-order valence-electron chi connectivity index (χ3n) is 3.44. The standard InChI is InChI=1S/C17H24O/c1-6-7-12-17(4,5)15-11-9-8-10-14(15)16(18)13(2)3/h8-11H,2,6-7,12H2,1,3-5H3. The Labute approximate surface area is 111 Å². The largest absolute Gasteiger partial charge is 0.289 e. The Kier molecular flexibility index (Phi) is 4.89. The summed E-state index contributed by atoms with van der Waals surface area (Å²) in [5.41, 5.74) is 2.60. The second-order valence-corrected chi connectivity index (χ2v) is 5.64. The average Bonchev–Trinajstić information content (AvgIpc) is 2.35. The van der Waals surface area contributed by atoms with Crippen molar-refractivity contribution in [1.82, 2.24) is 0 Å². The molecule has 0 radical (unpaired) electrons. The molecule has 18 heavy (non-hydrogen) atoms. The van der Waals surface area contributed by atoms with Crippen LogP contribution in [-0.2, 0) is 5.41 Å². The Morgan fingerprint density at radius 2 is 1.89 bits per heavy atom. The van der Waals surface area contributed by atoms with Gasteiger partial charge >= 0.3 is 0 Å². The van der Waals surface area contributed by atoms with Crippen LogP contribution in [0.25, 0.3) is 0 Å². The number of rotatable bonds is 6. The summed E-state index contributed by atoms with van der Waals surface area (Å²) in [6, 6.07) is 7.93. The van der Waals surface area contributed by atoms with Gasteiger partial charge in [0.15, 0.2) is 5.78 Å². The van der Waals surface area contributed by atoms with Gasteiger partial charge in [-0.05, 0) is 29.9 Å². The molecule has 1 heteroatoms. The van der Waals surface area contributed by atoms with Crippen LogP contribution in [0.15, 0.2) is 36.4 Å². The summed E-state index contributed by atoms with van der Waals surface area (Å²) in [4.78, 5) is 12.2. The minimum absolute atomic E-state index is 0.0394. The SMILES string of the molecule is C=C(C)C(=O)c1ccccc1C(C)(C)CCCC. The monoisotopic (exact) mass is 244 g/mol. The van der Waals surface area contributed by atoms with E-state index in [1.807, 2.05) is 18.2 Å². The Hall–Kier alpha value is -1.37. The summed E-state index contributed by atoms with van der Waals surface area (Å²) >= 11 is 0. The molecule has 1 nitrogen and oxygen atoms in total. The summed E-state index contributed by atoms with van der Waals surface area (Å²) in [5.74, 6) is 0.0650. The Bertz CT molecular complexity index is 441. The number of unbranched alkanes of at least 4 members (excludes halogenated alkanes) is 1. The van der Waals surface area contributed by atoms with Gasteiger partial charge in [0.2, 0.25) is 0 Å². The van der Waals surface area contributed by atoms with Crippen LogP contribution in [0.2, 0.25) is 0 Å². The van der Waals surface area contributed by atoms with Gasteiger partial charge in [-0.1, -0.05) is 64.5 Å². The topological polar surface area (TPSA) is 17.1 Å². The predicted molar refractivity (Wildman–Crippen MR) is 78.1 cm³/mol. The van der Waals surface area contributed by atoms with Crippen molar-refractivity contribution in [3.63, 3.8) is 0 Å². The van der Waals surface area contributed by atoms with E-state index < -0.39 is 0 Å². The molecule has 0 aromatic heterocycles. The smallest absolute Gasteiger partial charge is 0.188 e. The van der Waals surface area contributed by atoms with Gasteiger partial charge in [0, 0.05) is 5.56 Å². The number of ketones is 1. The van der Waals surface area contributed by atoms with E-state index in [4.69, 9.17) is 0 Å². The number of hydrogen-bond donors (Lipinski definition) is 0. The van der Waals surface area contributed by atoms with E-state index in [1.54, 1.807) is 6.92 Å². The van der Waals surface area contributed by atoms with E-state index >= 15 is 0 Å². The number of allylic oxidation sites excluding steroid dienone is 1. The molecular weight excluding hydrogens is 220 g/mol. The van der Waals surface area contributed by atoms with Gasteiger partial charge in [-0.25, -0.2) is 0 Å². The first-order chi connectivity index (χ1) is 8.40. The van der Waals surface area contributed by atoms with Gasteiger partial charge in [0.1, 0.15) is 0 Å². The highest BCUT2D eigenvalue weighted by molar-refractivity contribution is 6.09. The van der Waals surface area contributed by atoms with Crippen molar-refractivity contribution in [2.75, 3.05) is 0 Å². The van der Waals surface area contributed by atoms with E-state index in [0.717, 1.165) is 17.5 Å². The van der Waals surface area contributed by atoms with E-state index in [0.29, 0.717) is 5.57 Å². The van der Waals surface area contributed by atoms with Crippen molar-refractivity contribution < 1.29 is 4.79 Å². The van der Waals surface area contributed by atoms with Gasteiger partial charge in [-0.15, -0.1) is 0 Å². The van der Waals surface area contributed by atoms with Crippen molar-refractivity contribution in [3.8, 4) is 0 Å². The summed E-state index contributed by atoms with van der Waals surface area (Å²) in [6.07, 6.45) is 3.46. The van der Waals surface area contributed by atoms with Gasteiger partial charge in [0.25, 0.3) is 0 Å². The molecule has 0 N–H and O–H groups in total. The van der Waals surface area contributed by atoms with E-state index in [9.17, 15) is 4.79 Å². The summed E-state index contributed by atoms with van der Waals surface area (Å²) in [5, 5.41) is 0. The first-order valence-electron chi connectivity index (χ1n) is 6.70. The number of carbonyl (C=O) groups excluding carboxylic acids is 1. The zero-order valence-electron chi connectivity index (χ0n) is 12.0. The average molecular weight is 244 g/mol. The molecule has 1 rings (SSSR count). The summed E-state index contributed by atoms with van der Waals surface area (Å²) in [7, 11) is 0. The molecule has 0 saturated heterocycles. The molecule has 1 aromatic carbocycles. The third kappa shape index (κ3) is 3.32. The van der Waals surface area contributed by atoms with E-state index in [1.165, 1.54) is 12.8 Å². The Morgan fingerprint density at radius 3 is 2.44 bits per heavy atom. The van der Waals surface area contributed by atoms with Crippen LogP contribution in [0, 0.1) is 0 Å². The maximum absolute atomic E-state index is 12.2. The number of benzene rings is 1. The summed E-state index contributed by atoms with van der Waals surface area (Å²) in [6.45, 7) is 12.2. The van der Waals surface area contributed by atoms with Crippen molar-refractivity contribution in [2.45, 2.75) is 52.4 Å². The van der Waals surface area contributed by atoms with Crippen LogP contribution < -0.4 is 0 Å². The molecule has 0 unspecified atom stereocenters. The van der Waals surface area contributed by atoms with Crippen molar-refractivity contribution >= 4 is 5.78 Å². The zero-order valence-corrected chi connectivity index (χ0v) is 12.0. The maximum Gasteiger partial charge on any atom is 0.188 e. The van der Waals surface area contributed by atoms with Crippen LogP contribution in [0.4, 0.5) is 0 Å². The van der Waals surface area contributed by atoms with E-state index in [-0.39, 0.29) is 11.2 Å². The molecule has 0 amide bonds. The molecule has 0 bridgehead atoms. The quantitative estimate of drug-likeness (QED) is 0.513. The molecule has 0 spiro atoms. The lowest BCUT2D eigenvalue weighted by Gasteiger charge is -2.27. The molecule has 0 aliphatic heterocycles. The fourth-order valence-electron chi connectivity index (χ4n) is 2.25. The molecule has 0 fully saturated rings. The molecule has 98 valence electrons. The first-order valence-corrected chi connectivity index (χ1v) is 6.70. The lowest BCUT2D eigenvalue weighted by atomic mass is 9.77. The highest BCUT2D eigenvalue weighted by Gasteiger charge is 2.25. The zero-order chi connectivity index (χ0) is 13.8. The third-order valence-corrected chi connectivity index (χ3v) is 3.44. The predicted octanol–water partition coefficient (Wildman–Crippen LogP) is 4.91. The molecule has 0 atom stereocenters. The lowest BCUT2D eigenvalue weighted by Crippen LogP contribution is -2.21. The molecular formula is C17H24O. The summed E-state index contributed by atoms with van der Waals surface area (Å²) < 4.78 is 0. The molecule has 0 aliphatic carbocycles. The van der Waals surface area contributed by atoms with Gasteiger partial charge in [-0.2, -0.15) is 0 Å². The number of hydrogen-bond acceptors (Lipinski definition) is 1. The minimum atomic E-state index is 0.0394. The number of Topliss-reactive ketones (excluding diaryl/α,β-unsaturated/α-hetero) is 1. The minimum Gasteiger partial charge on any atom is -0.289 e.